The molecule has 0 radical (unpaired) electrons. The van der Waals surface area contributed by atoms with Crippen LogP contribution in [-0.2, 0) is 5.75 Å². The van der Waals surface area contributed by atoms with Gasteiger partial charge in [-0.05, 0) is 36.4 Å². The van der Waals surface area contributed by atoms with Crippen molar-refractivity contribution in [3.05, 3.63) is 58.6 Å². The van der Waals surface area contributed by atoms with Crippen LogP contribution in [-0.4, -0.2) is 13.4 Å². The first-order valence-electron chi connectivity index (χ1n) is 5.73. The summed E-state index contributed by atoms with van der Waals surface area (Å²) in [6.45, 7) is 0. The van der Waals surface area contributed by atoms with Crippen molar-refractivity contribution in [2.75, 3.05) is 7.11 Å². The predicted octanol–water partition coefficient (Wildman–Crippen LogP) is 4.45. The SMILES string of the molecule is COc1ccc(C=O)cc1CSc1cccc(Cl)c1. The van der Waals surface area contributed by atoms with Gasteiger partial charge in [0, 0.05) is 26.8 Å². The largest absolute Gasteiger partial charge is 0.496 e. The third kappa shape index (κ3) is 3.75. The number of hydrogen-bond acceptors (Lipinski definition) is 3. The smallest absolute Gasteiger partial charge is 0.150 e. The molecule has 0 aliphatic rings. The molecule has 0 atom stereocenters. The van der Waals surface area contributed by atoms with E-state index in [0.29, 0.717) is 5.56 Å². The Labute approximate surface area is 121 Å². The molecule has 19 heavy (non-hydrogen) atoms. The van der Waals surface area contributed by atoms with E-state index in [1.807, 2.05) is 36.4 Å². The predicted molar refractivity (Wildman–Crippen MR) is 79.4 cm³/mol. The molecule has 0 aliphatic heterocycles. The maximum atomic E-state index is 10.8. The molecule has 0 saturated carbocycles. The summed E-state index contributed by atoms with van der Waals surface area (Å²) in [5, 5.41) is 0.721. The number of benzene rings is 2. The van der Waals surface area contributed by atoms with Gasteiger partial charge < -0.3 is 4.74 Å². The third-order valence-electron chi connectivity index (χ3n) is 2.63. The van der Waals surface area contributed by atoms with E-state index in [1.165, 1.54) is 0 Å². The highest BCUT2D eigenvalue weighted by Gasteiger charge is 2.05. The molecule has 0 heterocycles. The van der Waals surface area contributed by atoms with E-state index in [-0.39, 0.29) is 0 Å². The standard InChI is InChI=1S/C15H13ClO2S/c1-18-15-6-5-11(9-17)7-12(15)10-19-14-4-2-3-13(16)8-14/h2-9H,10H2,1H3. The molecular weight excluding hydrogens is 280 g/mol. The fourth-order valence-electron chi connectivity index (χ4n) is 1.70. The van der Waals surface area contributed by atoms with Crippen LogP contribution in [0, 0.1) is 0 Å². The van der Waals surface area contributed by atoms with Crippen molar-refractivity contribution < 1.29 is 9.53 Å². The summed E-state index contributed by atoms with van der Waals surface area (Å²) in [4.78, 5) is 11.9. The van der Waals surface area contributed by atoms with E-state index in [2.05, 4.69) is 0 Å². The molecule has 0 saturated heterocycles. The Morgan fingerprint density at radius 3 is 2.79 bits per heavy atom. The minimum absolute atomic E-state index is 0.655. The molecule has 2 nitrogen and oxygen atoms in total. The molecule has 0 spiro atoms. The van der Waals surface area contributed by atoms with Gasteiger partial charge >= 0.3 is 0 Å². The lowest BCUT2D eigenvalue weighted by Crippen LogP contribution is -1.92. The first-order chi connectivity index (χ1) is 9.22. The number of hydrogen-bond donors (Lipinski definition) is 0. The molecular formula is C15H13ClO2S. The molecule has 0 N–H and O–H groups in total. The van der Waals surface area contributed by atoms with Crippen LogP contribution in [0.4, 0.5) is 0 Å². The van der Waals surface area contributed by atoms with Crippen molar-refractivity contribution in [2.45, 2.75) is 10.6 Å². The van der Waals surface area contributed by atoms with Gasteiger partial charge in [-0.15, -0.1) is 11.8 Å². The molecule has 0 aromatic heterocycles. The highest BCUT2D eigenvalue weighted by atomic mass is 35.5. The first kappa shape index (κ1) is 14.0. The number of ether oxygens (including phenoxy) is 1. The maximum absolute atomic E-state index is 10.8. The van der Waals surface area contributed by atoms with Crippen LogP contribution in [0.3, 0.4) is 0 Å². The Bertz CT molecular complexity index is 584. The molecule has 0 bridgehead atoms. The van der Waals surface area contributed by atoms with Crippen LogP contribution in [0.5, 0.6) is 5.75 Å². The molecule has 98 valence electrons. The van der Waals surface area contributed by atoms with Crippen LogP contribution in [0.1, 0.15) is 15.9 Å². The van der Waals surface area contributed by atoms with E-state index in [4.69, 9.17) is 16.3 Å². The van der Waals surface area contributed by atoms with Crippen molar-refractivity contribution in [1.29, 1.82) is 0 Å². The number of rotatable bonds is 5. The van der Waals surface area contributed by atoms with E-state index < -0.39 is 0 Å². The average Bonchev–Trinajstić information content (AvgIpc) is 2.45. The Balaban J connectivity index is 2.16. The maximum Gasteiger partial charge on any atom is 0.150 e. The van der Waals surface area contributed by atoms with Gasteiger partial charge in [0.2, 0.25) is 0 Å². The number of thioether (sulfide) groups is 1. The second-order valence-corrected chi connectivity index (χ2v) is 5.42. The molecule has 2 aromatic rings. The summed E-state index contributed by atoms with van der Waals surface area (Å²) in [7, 11) is 1.63. The zero-order valence-corrected chi connectivity index (χ0v) is 12.0. The zero-order valence-electron chi connectivity index (χ0n) is 10.4. The number of aldehydes is 1. The van der Waals surface area contributed by atoms with Crippen molar-refractivity contribution in [3.63, 3.8) is 0 Å². The van der Waals surface area contributed by atoms with Crippen LogP contribution in [0.2, 0.25) is 5.02 Å². The summed E-state index contributed by atoms with van der Waals surface area (Å²) in [5.74, 6) is 1.52. The summed E-state index contributed by atoms with van der Waals surface area (Å²) in [6, 6.07) is 13.1. The van der Waals surface area contributed by atoms with Gasteiger partial charge in [-0.1, -0.05) is 17.7 Å². The summed E-state index contributed by atoms with van der Waals surface area (Å²) >= 11 is 7.60. The number of carbonyl (C=O) groups excluding carboxylic acids is 1. The minimum Gasteiger partial charge on any atom is -0.496 e. The van der Waals surface area contributed by atoms with Gasteiger partial charge in [-0.3, -0.25) is 4.79 Å². The lowest BCUT2D eigenvalue weighted by atomic mass is 10.1. The molecule has 0 unspecified atom stereocenters. The fourth-order valence-corrected chi connectivity index (χ4v) is 2.89. The van der Waals surface area contributed by atoms with Crippen molar-refractivity contribution in [2.24, 2.45) is 0 Å². The highest BCUT2D eigenvalue weighted by molar-refractivity contribution is 7.98. The second-order valence-electron chi connectivity index (χ2n) is 3.94. The lowest BCUT2D eigenvalue weighted by molar-refractivity contribution is 0.112. The molecule has 4 heteroatoms. The Kier molecular flexibility index (Phi) is 4.88. The number of halogens is 1. The second kappa shape index (κ2) is 6.64. The van der Waals surface area contributed by atoms with Crippen molar-refractivity contribution in [3.8, 4) is 5.75 Å². The van der Waals surface area contributed by atoms with Gasteiger partial charge in [-0.2, -0.15) is 0 Å². The van der Waals surface area contributed by atoms with Gasteiger partial charge in [0.25, 0.3) is 0 Å². The van der Waals surface area contributed by atoms with E-state index >= 15 is 0 Å². The average molecular weight is 293 g/mol. The number of carbonyl (C=O) groups is 1. The van der Waals surface area contributed by atoms with Crippen LogP contribution >= 0.6 is 23.4 Å². The molecule has 2 rings (SSSR count). The summed E-state index contributed by atoms with van der Waals surface area (Å²) in [5.41, 5.74) is 1.65. The van der Waals surface area contributed by atoms with Crippen LogP contribution < -0.4 is 4.74 Å². The summed E-state index contributed by atoms with van der Waals surface area (Å²) < 4.78 is 5.30. The first-order valence-corrected chi connectivity index (χ1v) is 7.10. The van der Waals surface area contributed by atoms with Crippen LogP contribution in [0.15, 0.2) is 47.4 Å². The topological polar surface area (TPSA) is 26.3 Å². The molecule has 0 fully saturated rings. The fraction of sp³-hybridized carbons (Fsp3) is 0.133. The number of methoxy groups -OCH3 is 1. The van der Waals surface area contributed by atoms with E-state index in [0.717, 1.165) is 33.3 Å². The summed E-state index contributed by atoms with van der Waals surface area (Å²) in [6.07, 6.45) is 0.840. The highest BCUT2D eigenvalue weighted by Crippen LogP contribution is 2.29. The van der Waals surface area contributed by atoms with Crippen molar-refractivity contribution in [1.82, 2.24) is 0 Å². The Morgan fingerprint density at radius 2 is 2.11 bits per heavy atom. The molecule has 0 aliphatic carbocycles. The minimum atomic E-state index is 0.655. The van der Waals surface area contributed by atoms with Gasteiger partial charge in [-0.25, -0.2) is 0 Å². The van der Waals surface area contributed by atoms with Gasteiger partial charge in [0.15, 0.2) is 0 Å². The van der Waals surface area contributed by atoms with E-state index in [9.17, 15) is 4.79 Å². The lowest BCUT2D eigenvalue weighted by Gasteiger charge is -2.09. The van der Waals surface area contributed by atoms with E-state index in [1.54, 1.807) is 24.9 Å². The Morgan fingerprint density at radius 1 is 1.26 bits per heavy atom. The van der Waals surface area contributed by atoms with Gasteiger partial charge in [0.1, 0.15) is 12.0 Å². The van der Waals surface area contributed by atoms with Gasteiger partial charge in [0.05, 0.1) is 7.11 Å². The third-order valence-corrected chi connectivity index (χ3v) is 3.91. The zero-order chi connectivity index (χ0) is 13.7. The van der Waals surface area contributed by atoms with Crippen LogP contribution in [0.25, 0.3) is 0 Å². The molecule has 2 aromatic carbocycles. The monoisotopic (exact) mass is 292 g/mol. The normalized spacial score (nSPS) is 10.2. The Hall–Kier alpha value is -1.45. The molecule has 0 amide bonds. The van der Waals surface area contributed by atoms with Crippen molar-refractivity contribution >= 4 is 29.6 Å². The quantitative estimate of drug-likeness (QED) is 0.601.